The third-order valence-electron chi connectivity index (χ3n) is 3.72. The van der Waals surface area contributed by atoms with E-state index in [1.807, 2.05) is 0 Å². The van der Waals surface area contributed by atoms with Gasteiger partial charge in [-0.15, -0.1) is 11.3 Å². The first kappa shape index (κ1) is 14.2. The number of aromatic nitrogens is 2. The molecule has 1 aliphatic carbocycles. The second-order valence-corrected chi connectivity index (χ2v) is 6.29. The lowest BCUT2D eigenvalue weighted by Crippen LogP contribution is -2.35. The number of hydrogen-bond acceptors (Lipinski definition) is 5. The molecule has 2 heterocycles. The van der Waals surface area contributed by atoms with E-state index in [1.165, 1.54) is 22.2 Å². The summed E-state index contributed by atoms with van der Waals surface area (Å²) in [6.45, 7) is 0.791. The molecule has 0 spiro atoms. The Labute approximate surface area is 126 Å². The maximum Gasteiger partial charge on any atom is 0.262 e. The minimum Gasteiger partial charge on any atom is -0.353 e. The highest BCUT2D eigenvalue weighted by atomic mass is 32.1. The number of amides is 1. The normalized spacial score (nSPS) is 14.1. The van der Waals surface area contributed by atoms with Gasteiger partial charge < -0.3 is 11.1 Å². The molecule has 2 aromatic heterocycles. The van der Waals surface area contributed by atoms with Gasteiger partial charge in [-0.3, -0.25) is 14.2 Å². The van der Waals surface area contributed by atoms with Gasteiger partial charge in [-0.2, -0.15) is 0 Å². The zero-order chi connectivity index (χ0) is 14.8. The van der Waals surface area contributed by atoms with Crippen molar-refractivity contribution in [1.82, 2.24) is 14.9 Å². The van der Waals surface area contributed by atoms with Gasteiger partial charge in [0.05, 0.1) is 11.7 Å². The first-order valence-corrected chi connectivity index (χ1v) is 7.99. The van der Waals surface area contributed by atoms with Gasteiger partial charge in [0.15, 0.2) is 0 Å². The van der Waals surface area contributed by atoms with Crippen LogP contribution in [0.25, 0.3) is 10.2 Å². The highest BCUT2D eigenvalue weighted by Gasteiger charge is 2.20. The molecule has 0 saturated heterocycles. The van der Waals surface area contributed by atoms with Crippen molar-refractivity contribution < 1.29 is 4.79 Å². The van der Waals surface area contributed by atoms with Crippen molar-refractivity contribution in [3.05, 3.63) is 27.1 Å². The Kier molecular flexibility index (Phi) is 4.03. The van der Waals surface area contributed by atoms with Crippen molar-refractivity contribution in [3.63, 3.8) is 0 Å². The number of carbonyl (C=O) groups is 1. The predicted octanol–water partition coefficient (Wildman–Crippen LogP) is 0.412. The van der Waals surface area contributed by atoms with Crippen LogP contribution in [0.15, 0.2) is 11.1 Å². The first-order valence-electron chi connectivity index (χ1n) is 7.17. The van der Waals surface area contributed by atoms with E-state index in [0.29, 0.717) is 18.5 Å². The fourth-order valence-corrected chi connectivity index (χ4v) is 3.94. The molecule has 21 heavy (non-hydrogen) atoms. The van der Waals surface area contributed by atoms with Crippen LogP contribution in [-0.4, -0.2) is 28.5 Å². The van der Waals surface area contributed by atoms with Crippen LogP contribution in [0, 0.1) is 0 Å². The number of hydrogen-bond donors (Lipinski definition) is 2. The van der Waals surface area contributed by atoms with E-state index in [2.05, 4.69) is 10.3 Å². The molecule has 0 atom stereocenters. The Bertz CT molecular complexity index is 734. The van der Waals surface area contributed by atoms with Crippen LogP contribution in [-0.2, 0) is 24.2 Å². The third-order valence-corrected chi connectivity index (χ3v) is 4.92. The molecule has 3 N–H and O–H groups in total. The topological polar surface area (TPSA) is 90.0 Å². The number of fused-ring (bicyclic) bond motifs is 3. The molecule has 112 valence electrons. The predicted molar refractivity (Wildman–Crippen MR) is 82.6 cm³/mol. The quantitative estimate of drug-likeness (QED) is 0.856. The van der Waals surface area contributed by atoms with Gasteiger partial charge in [-0.05, 0) is 31.2 Å². The summed E-state index contributed by atoms with van der Waals surface area (Å²) in [4.78, 5) is 30.8. The van der Waals surface area contributed by atoms with Gasteiger partial charge in [0, 0.05) is 18.0 Å². The Morgan fingerprint density at radius 3 is 3.05 bits per heavy atom. The second kappa shape index (κ2) is 5.95. The Hall–Kier alpha value is -1.73. The molecule has 0 aromatic carbocycles. The second-order valence-electron chi connectivity index (χ2n) is 5.21. The lowest BCUT2D eigenvalue weighted by atomic mass is 9.97. The smallest absolute Gasteiger partial charge is 0.262 e. The fraction of sp³-hybridized carbons (Fsp3) is 0.500. The van der Waals surface area contributed by atoms with Gasteiger partial charge in [0.2, 0.25) is 5.91 Å². The SMILES string of the molecule is NCCNC(=O)Cn1cnc2sc3c(c2c1=O)CCCC3. The summed E-state index contributed by atoms with van der Waals surface area (Å²) in [7, 11) is 0. The van der Waals surface area contributed by atoms with Crippen LogP contribution >= 0.6 is 11.3 Å². The van der Waals surface area contributed by atoms with E-state index in [4.69, 9.17) is 5.73 Å². The highest BCUT2D eigenvalue weighted by molar-refractivity contribution is 7.18. The van der Waals surface area contributed by atoms with Crippen LogP contribution < -0.4 is 16.6 Å². The summed E-state index contributed by atoms with van der Waals surface area (Å²) in [5, 5.41) is 3.38. The summed E-state index contributed by atoms with van der Waals surface area (Å²) in [5.41, 5.74) is 6.38. The number of rotatable bonds is 4. The zero-order valence-electron chi connectivity index (χ0n) is 11.7. The molecule has 7 heteroatoms. The summed E-state index contributed by atoms with van der Waals surface area (Å²) in [6, 6.07) is 0. The third kappa shape index (κ3) is 2.71. The van der Waals surface area contributed by atoms with Gasteiger partial charge in [-0.1, -0.05) is 0 Å². The van der Waals surface area contributed by atoms with Crippen LogP contribution in [0.4, 0.5) is 0 Å². The Balaban J connectivity index is 1.96. The lowest BCUT2D eigenvalue weighted by molar-refractivity contribution is -0.121. The number of nitrogens with one attached hydrogen (secondary N) is 1. The van der Waals surface area contributed by atoms with E-state index in [9.17, 15) is 9.59 Å². The number of thiophene rings is 1. The van der Waals surface area contributed by atoms with E-state index in [-0.39, 0.29) is 18.0 Å². The van der Waals surface area contributed by atoms with E-state index in [0.717, 1.165) is 29.7 Å². The van der Waals surface area contributed by atoms with E-state index < -0.39 is 0 Å². The monoisotopic (exact) mass is 306 g/mol. The maximum atomic E-state index is 12.6. The number of nitrogens with zero attached hydrogens (tertiary/aromatic N) is 2. The van der Waals surface area contributed by atoms with Gasteiger partial charge >= 0.3 is 0 Å². The first-order chi connectivity index (χ1) is 10.2. The maximum absolute atomic E-state index is 12.6. The summed E-state index contributed by atoms with van der Waals surface area (Å²) in [5.74, 6) is -0.215. The standard InChI is InChI=1S/C14H18N4O2S/c15-5-6-16-11(19)7-18-8-17-13-12(14(18)20)9-3-1-2-4-10(9)21-13/h8H,1-7,15H2,(H,16,19). The van der Waals surface area contributed by atoms with Crippen LogP contribution in [0.3, 0.4) is 0 Å². The fourth-order valence-electron chi connectivity index (χ4n) is 2.72. The summed E-state index contributed by atoms with van der Waals surface area (Å²) in [6.07, 6.45) is 5.73. The van der Waals surface area contributed by atoms with Gasteiger partial charge in [0.1, 0.15) is 11.4 Å². The molecule has 1 aliphatic rings. The summed E-state index contributed by atoms with van der Waals surface area (Å²) >= 11 is 1.61. The van der Waals surface area contributed by atoms with Crippen molar-refractivity contribution in [3.8, 4) is 0 Å². The van der Waals surface area contributed by atoms with Gasteiger partial charge in [0.25, 0.3) is 5.56 Å². The summed E-state index contributed by atoms with van der Waals surface area (Å²) < 4.78 is 1.38. The van der Waals surface area contributed by atoms with Crippen molar-refractivity contribution in [1.29, 1.82) is 0 Å². The molecule has 0 bridgehead atoms. The van der Waals surface area contributed by atoms with Crippen molar-refractivity contribution in [2.45, 2.75) is 32.2 Å². The average molecular weight is 306 g/mol. The molecule has 1 amide bonds. The molecule has 0 aliphatic heterocycles. The van der Waals surface area contributed by atoms with Crippen molar-refractivity contribution in [2.24, 2.45) is 5.73 Å². The number of aryl methyl sites for hydroxylation is 2. The Morgan fingerprint density at radius 2 is 2.24 bits per heavy atom. The zero-order valence-corrected chi connectivity index (χ0v) is 12.5. The highest BCUT2D eigenvalue weighted by Crippen LogP contribution is 2.33. The minimum absolute atomic E-state index is 0.00755. The number of nitrogens with two attached hydrogens (primary N) is 1. The molecular weight excluding hydrogens is 288 g/mol. The molecular formula is C14H18N4O2S. The van der Waals surface area contributed by atoms with Crippen molar-refractivity contribution in [2.75, 3.05) is 13.1 Å². The molecule has 0 unspecified atom stereocenters. The molecule has 0 radical (unpaired) electrons. The molecule has 2 aromatic rings. The molecule has 6 nitrogen and oxygen atoms in total. The van der Waals surface area contributed by atoms with Crippen LogP contribution in [0.1, 0.15) is 23.3 Å². The van der Waals surface area contributed by atoms with Crippen LogP contribution in [0.5, 0.6) is 0 Å². The number of carbonyl (C=O) groups excluding carboxylic acids is 1. The largest absolute Gasteiger partial charge is 0.353 e. The lowest BCUT2D eigenvalue weighted by Gasteiger charge is -2.10. The molecule has 0 fully saturated rings. The molecule has 3 rings (SSSR count). The minimum atomic E-state index is -0.215. The van der Waals surface area contributed by atoms with Crippen molar-refractivity contribution >= 4 is 27.5 Å². The van der Waals surface area contributed by atoms with Crippen LogP contribution in [0.2, 0.25) is 0 Å². The Morgan fingerprint density at radius 1 is 1.43 bits per heavy atom. The molecule has 0 saturated carbocycles. The van der Waals surface area contributed by atoms with E-state index >= 15 is 0 Å². The van der Waals surface area contributed by atoms with Gasteiger partial charge in [-0.25, -0.2) is 4.98 Å². The van der Waals surface area contributed by atoms with E-state index in [1.54, 1.807) is 11.3 Å². The average Bonchev–Trinajstić information content (AvgIpc) is 2.87.